The van der Waals surface area contributed by atoms with E-state index in [1.54, 1.807) is 0 Å². The third-order valence-electron chi connectivity index (χ3n) is 5.18. The van der Waals surface area contributed by atoms with Gasteiger partial charge in [-0.05, 0) is 0 Å². The van der Waals surface area contributed by atoms with Crippen molar-refractivity contribution in [1.82, 2.24) is 0 Å². The van der Waals surface area contributed by atoms with E-state index in [1.165, 1.54) is 15.5 Å². The molecule has 0 aliphatic rings. The predicted molar refractivity (Wildman–Crippen MR) is 130 cm³/mol. The van der Waals surface area contributed by atoms with Crippen LogP contribution >= 0.6 is 0 Å². The van der Waals surface area contributed by atoms with Gasteiger partial charge in [0, 0.05) is 0 Å². The first-order chi connectivity index (χ1) is 14.8. The van der Waals surface area contributed by atoms with Gasteiger partial charge in [-0.2, -0.15) is 0 Å². The molecule has 144 valence electrons. The number of hydrogen-bond donors (Lipinski definition) is 0. The summed E-state index contributed by atoms with van der Waals surface area (Å²) in [6.07, 6.45) is -1.54. The molecular formula is C28H28Ge. The van der Waals surface area contributed by atoms with Crippen LogP contribution in [0.25, 0.3) is 22.3 Å². The number of benzene rings is 4. The van der Waals surface area contributed by atoms with Crippen molar-refractivity contribution in [2.75, 3.05) is 0 Å². The second kappa shape index (κ2) is 8.43. The van der Waals surface area contributed by atoms with Crippen molar-refractivity contribution in [1.29, 1.82) is 0 Å². The van der Waals surface area contributed by atoms with Crippen LogP contribution in [0.5, 0.6) is 0 Å². The van der Waals surface area contributed by atoms with Gasteiger partial charge < -0.3 is 0 Å². The van der Waals surface area contributed by atoms with Gasteiger partial charge in [-0.3, -0.25) is 0 Å². The maximum atomic E-state index is 9.06. The van der Waals surface area contributed by atoms with E-state index in [0.29, 0.717) is 5.56 Å². The Morgan fingerprint density at radius 2 is 1.14 bits per heavy atom. The molecule has 0 atom stereocenters. The number of rotatable bonds is 5. The van der Waals surface area contributed by atoms with Gasteiger partial charge in [-0.25, -0.2) is 0 Å². The molecule has 0 aliphatic carbocycles. The molecule has 0 N–H and O–H groups in total. The van der Waals surface area contributed by atoms with Crippen LogP contribution in [0.15, 0.2) is 103 Å². The Kier molecular flexibility index (Phi) is 5.03. The van der Waals surface area contributed by atoms with Gasteiger partial charge in [0.2, 0.25) is 0 Å². The topological polar surface area (TPSA) is 0 Å². The van der Waals surface area contributed by atoms with Crippen LogP contribution in [0.2, 0.25) is 17.3 Å². The fourth-order valence-electron chi connectivity index (χ4n) is 3.67. The van der Waals surface area contributed by atoms with E-state index in [0.717, 1.165) is 16.7 Å². The fourth-order valence-corrected chi connectivity index (χ4v) is 6.87. The molecule has 0 aromatic heterocycles. The molecule has 29 heavy (non-hydrogen) atoms. The summed E-state index contributed by atoms with van der Waals surface area (Å²) in [5.41, 5.74) is 6.04. The normalized spacial score (nSPS) is 12.9. The first kappa shape index (κ1) is 17.3. The van der Waals surface area contributed by atoms with Crippen LogP contribution < -0.4 is 4.40 Å². The van der Waals surface area contributed by atoms with E-state index in [-0.39, 0.29) is 0 Å². The van der Waals surface area contributed by atoms with Gasteiger partial charge in [0.05, 0.1) is 0 Å². The molecule has 1 heteroatoms. The molecule has 0 amide bonds. The molecule has 0 aliphatic heterocycles. The molecular weight excluding hydrogens is 409 g/mol. The third kappa shape index (κ3) is 4.71. The summed E-state index contributed by atoms with van der Waals surface area (Å²) in [4.78, 5) is 0. The molecule has 4 aromatic rings. The molecule has 0 spiro atoms. The fraction of sp³-hybridized carbons (Fsp3) is 0.143. The van der Waals surface area contributed by atoms with Crippen molar-refractivity contribution in [2.45, 2.75) is 23.6 Å². The molecule has 0 saturated heterocycles. The molecule has 4 aromatic carbocycles. The van der Waals surface area contributed by atoms with Crippen LogP contribution in [-0.4, -0.2) is 13.3 Å². The van der Waals surface area contributed by atoms with Gasteiger partial charge in [-0.1, -0.05) is 0 Å². The van der Waals surface area contributed by atoms with E-state index in [1.807, 2.05) is 36.4 Å². The molecule has 4 rings (SSSR count). The Bertz CT molecular complexity index is 1180. The molecule has 0 unspecified atom stereocenters. The second-order valence-electron chi connectivity index (χ2n) is 8.45. The van der Waals surface area contributed by atoms with E-state index in [9.17, 15) is 0 Å². The van der Waals surface area contributed by atoms with Crippen molar-refractivity contribution >= 4 is 17.7 Å². The van der Waals surface area contributed by atoms with Gasteiger partial charge >= 0.3 is 181 Å². The minimum absolute atomic E-state index is 0.707. The van der Waals surface area contributed by atoms with Gasteiger partial charge in [-0.15, -0.1) is 0 Å². The molecule has 0 radical (unpaired) electrons. The summed E-state index contributed by atoms with van der Waals surface area (Å²) in [5.74, 6) is 6.99. The van der Waals surface area contributed by atoms with E-state index >= 15 is 0 Å². The summed E-state index contributed by atoms with van der Waals surface area (Å²) in [6, 6.07) is 34.9. The van der Waals surface area contributed by atoms with Crippen LogP contribution in [0.4, 0.5) is 0 Å². The maximum absolute atomic E-state index is 9.06. The average molecular weight is 439 g/mol. The molecule has 0 heterocycles. The van der Waals surface area contributed by atoms with Crippen LogP contribution in [0.3, 0.4) is 0 Å². The van der Waals surface area contributed by atoms with Crippen molar-refractivity contribution in [3.8, 4) is 22.3 Å². The van der Waals surface area contributed by atoms with Crippen LogP contribution in [0.1, 0.15) is 13.9 Å². The molecule has 0 nitrogen and oxygen atoms in total. The zero-order valence-electron chi connectivity index (χ0n) is 19.3. The van der Waals surface area contributed by atoms with Gasteiger partial charge in [0.15, 0.2) is 0 Å². The Morgan fingerprint density at radius 1 is 0.586 bits per heavy atom. The van der Waals surface area contributed by atoms with Crippen molar-refractivity contribution in [3.63, 3.8) is 0 Å². The van der Waals surface area contributed by atoms with Crippen molar-refractivity contribution in [3.05, 3.63) is 114 Å². The number of hydrogen-bond acceptors (Lipinski definition) is 0. The quantitative estimate of drug-likeness (QED) is 0.290. The van der Waals surface area contributed by atoms with E-state index in [4.69, 9.17) is 2.74 Å². The van der Waals surface area contributed by atoms with Gasteiger partial charge in [0.25, 0.3) is 0 Å². The predicted octanol–water partition coefficient (Wildman–Crippen LogP) is 7.16. The molecule has 0 bridgehead atoms. The second-order valence-corrected chi connectivity index (χ2v) is 19.0. The zero-order valence-corrected chi connectivity index (χ0v) is 19.4. The summed E-state index contributed by atoms with van der Waals surface area (Å²) in [6.45, 7) is 0. The Balaban J connectivity index is 1.86. The summed E-state index contributed by atoms with van der Waals surface area (Å²) >= 11 is -2.30. The Morgan fingerprint density at radius 3 is 1.79 bits per heavy atom. The van der Waals surface area contributed by atoms with E-state index < -0.39 is 19.6 Å². The minimum atomic E-state index is -2.30. The Hall–Kier alpha value is -2.58. The average Bonchev–Trinajstić information content (AvgIpc) is 2.79. The summed E-state index contributed by atoms with van der Waals surface area (Å²) in [7, 11) is 0. The van der Waals surface area contributed by atoms with E-state index in [2.05, 4.69) is 84.0 Å². The summed E-state index contributed by atoms with van der Waals surface area (Å²) < 4.78 is 19.3. The van der Waals surface area contributed by atoms with Crippen LogP contribution in [-0.2, 0) is 6.37 Å². The molecule has 0 saturated carbocycles. The van der Waals surface area contributed by atoms with Crippen molar-refractivity contribution < 1.29 is 2.74 Å². The summed E-state index contributed by atoms with van der Waals surface area (Å²) in [5, 5.41) is 0. The first-order valence-electron chi connectivity index (χ1n) is 11.1. The molecule has 0 fully saturated rings. The monoisotopic (exact) mass is 440 g/mol. The standard InChI is InChI=1S/C28H28Ge/c1-29(2,3)28-18-17-26(21-27(28)19-22-11-6-4-7-12-22)25-16-10-15-24(20-25)23-13-8-5-9-14-23/h4-18,20-21H,19H2,1-3H3/i19D2. The van der Waals surface area contributed by atoms with Crippen LogP contribution in [0, 0.1) is 0 Å². The first-order valence-corrected chi connectivity index (χ1v) is 17.5. The van der Waals surface area contributed by atoms with Crippen molar-refractivity contribution in [2.24, 2.45) is 0 Å². The third-order valence-corrected chi connectivity index (χ3v) is 9.49. The van der Waals surface area contributed by atoms with Gasteiger partial charge in [0.1, 0.15) is 0 Å². The Labute approximate surface area is 180 Å². The SMILES string of the molecule is [2H]C([2H])(c1ccccc1)c1cc(-c2cccc(-c3ccccc3)c2)cc[c]1[Ge]([CH3])([CH3])[CH3]. The zero-order chi connectivity index (χ0) is 22.1.